The van der Waals surface area contributed by atoms with Gasteiger partial charge >= 0.3 is 11.7 Å². The summed E-state index contributed by atoms with van der Waals surface area (Å²) in [6.45, 7) is 1.31. The van der Waals surface area contributed by atoms with Gasteiger partial charge in [0, 0.05) is 12.1 Å². The van der Waals surface area contributed by atoms with Crippen LogP contribution in [-0.2, 0) is 9.53 Å². The van der Waals surface area contributed by atoms with E-state index in [1.807, 2.05) is 0 Å². The van der Waals surface area contributed by atoms with Crippen molar-refractivity contribution in [3.8, 4) is 0 Å². The Morgan fingerprint density at radius 2 is 2.17 bits per heavy atom. The molecular weight excluding hydrogens is 250 g/mol. The van der Waals surface area contributed by atoms with Crippen molar-refractivity contribution in [1.29, 1.82) is 0 Å². The number of esters is 1. The Hall–Kier alpha value is -2.25. The summed E-state index contributed by atoms with van der Waals surface area (Å²) in [7, 11) is 0. The quantitative estimate of drug-likeness (QED) is 0.496. The molecule has 0 amide bonds. The topological polar surface area (TPSA) is 81.5 Å². The van der Waals surface area contributed by atoms with Crippen LogP contribution in [0.4, 0.5) is 20.2 Å². The van der Waals surface area contributed by atoms with E-state index in [-0.39, 0.29) is 6.61 Å². The number of carbonyl (C=O) groups is 1. The molecule has 1 aromatic rings. The van der Waals surface area contributed by atoms with Gasteiger partial charge in [0.05, 0.1) is 11.5 Å². The first-order valence-electron chi connectivity index (χ1n) is 4.98. The first kappa shape index (κ1) is 13.8. The van der Waals surface area contributed by atoms with Gasteiger partial charge in [-0.15, -0.1) is 0 Å². The first-order valence-corrected chi connectivity index (χ1v) is 4.98. The summed E-state index contributed by atoms with van der Waals surface area (Å²) >= 11 is 0. The number of carbonyl (C=O) groups excluding carboxylic acids is 1. The van der Waals surface area contributed by atoms with Gasteiger partial charge in [0.2, 0.25) is 5.82 Å². The lowest BCUT2D eigenvalue weighted by Crippen LogP contribution is -2.17. The van der Waals surface area contributed by atoms with E-state index in [0.29, 0.717) is 6.07 Å². The number of anilines is 1. The fraction of sp³-hybridized carbons (Fsp3) is 0.300. The second-order valence-corrected chi connectivity index (χ2v) is 3.20. The fourth-order valence-corrected chi connectivity index (χ4v) is 1.27. The van der Waals surface area contributed by atoms with Crippen LogP contribution >= 0.6 is 0 Å². The number of hydrogen-bond donors (Lipinski definition) is 1. The third kappa shape index (κ3) is 3.37. The van der Waals surface area contributed by atoms with E-state index >= 15 is 0 Å². The molecular formula is C10H10F2N2O4. The maximum atomic E-state index is 13.2. The fourth-order valence-electron chi connectivity index (χ4n) is 1.27. The van der Waals surface area contributed by atoms with Gasteiger partial charge in [-0.2, -0.15) is 4.39 Å². The number of rotatable bonds is 5. The Morgan fingerprint density at radius 1 is 1.50 bits per heavy atom. The molecule has 0 aliphatic heterocycles. The van der Waals surface area contributed by atoms with Crippen LogP contribution in [-0.4, -0.2) is 24.0 Å². The van der Waals surface area contributed by atoms with Crippen molar-refractivity contribution in [3.05, 3.63) is 33.9 Å². The number of nitrogens with zero attached hydrogens (tertiary/aromatic N) is 1. The average molecular weight is 260 g/mol. The molecule has 0 aliphatic carbocycles. The minimum absolute atomic E-state index is 0.139. The van der Waals surface area contributed by atoms with E-state index in [9.17, 15) is 23.7 Å². The van der Waals surface area contributed by atoms with Crippen molar-refractivity contribution in [2.75, 3.05) is 18.5 Å². The highest BCUT2D eigenvalue weighted by Gasteiger charge is 2.22. The van der Waals surface area contributed by atoms with Crippen molar-refractivity contribution >= 4 is 17.3 Å². The minimum atomic E-state index is -1.31. The molecule has 0 fully saturated rings. The molecule has 6 nitrogen and oxygen atoms in total. The summed E-state index contributed by atoms with van der Waals surface area (Å²) in [6, 6.07) is 1.13. The Morgan fingerprint density at radius 3 is 2.72 bits per heavy atom. The van der Waals surface area contributed by atoms with Crippen molar-refractivity contribution in [1.82, 2.24) is 0 Å². The number of nitro groups is 1. The molecule has 0 atom stereocenters. The molecule has 0 spiro atoms. The molecule has 0 aromatic heterocycles. The third-order valence-electron chi connectivity index (χ3n) is 1.94. The highest BCUT2D eigenvalue weighted by molar-refractivity contribution is 5.76. The number of halogens is 2. The van der Waals surface area contributed by atoms with E-state index in [4.69, 9.17) is 0 Å². The van der Waals surface area contributed by atoms with Gasteiger partial charge in [-0.1, -0.05) is 0 Å². The van der Waals surface area contributed by atoms with Gasteiger partial charge in [0.25, 0.3) is 0 Å². The smallest absolute Gasteiger partial charge is 0.327 e. The molecule has 98 valence electrons. The lowest BCUT2D eigenvalue weighted by molar-refractivity contribution is -0.386. The van der Waals surface area contributed by atoms with Crippen molar-refractivity contribution in [2.45, 2.75) is 6.92 Å². The average Bonchev–Trinajstić information content (AvgIpc) is 2.25. The van der Waals surface area contributed by atoms with Crippen LogP contribution in [0.5, 0.6) is 0 Å². The highest BCUT2D eigenvalue weighted by atomic mass is 19.1. The number of ether oxygens (including phenoxy) is 1. The molecule has 0 bridgehead atoms. The Kier molecular flexibility index (Phi) is 4.52. The van der Waals surface area contributed by atoms with Crippen molar-refractivity contribution in [2.24, 2.45) is 0 Å². The predicted molar refractivity (Wildman–Crippen MR) is 58.1 cm³/mol. The molecule has 1 N–H and O–H groups in total. The summed E-state index contributed by atoms with van der Waals surface area (Å²) in [4.78, 5) is 20.6. The van der Waals surface area contributed by atoms with Crippen molar-refractivity contribution in [3.63, 3.8) is 0 Å². The molecule has 1 rings (SSSR count). The number of nitro benzene ring substituents is 1. The number of nitrogens with one attached hydrogen (secondary N) is 1. The second kappa shape index (κ2) is 5.89. The summed E-state index contributed by atoms with van der Waals surface area (Å²) in [5.74, 6) is -2.98. The van der Waals surface area contributed by atoms with Crippen LogP contribution in [0.25, 0.3) is 0 Å². The van der Waals surface area contributed by atoms with Gasteiger partial charge in [-0.25, -0.2) is 4.39 Å². The van der Waals surface area contributed by atoms with Crippen molar-refractivity contribution < 1.29 is 23.2 Å². The maximum absolute atomic E-state index is 13.2. The number of hydrogen-bond acceptors (Lipinski definition) is 5. The van der Waals surface area contributed by atoms with Crippen LogP contribution in [0.15, 0.2) is 12.1 Å². The van der Waals surface area contributed by atoms with Crippen LogP contribution in [0.3, 0.4) is 0 Å². The summed E-state index contributed by atoms with van der Waals surface area (Å²) < 4.78 is 30.7. The largest absolute Gasteiger partial charge is 0.465 e. The number of benzene rings is 1. The predicted octanol–water partition coefficient (Wildman–Crippen LogP) is 1.85. The monoisotopic (exact) mass is 260 g/mol. The lowest BCUT2D eigenvalue weighted by Gasteiger charge is -2.07. The Balaban J connectivity index is 2.93. The Bertz CT molecular complexity index is 479. The molecule has 18 heavy (non-hydrogen) atoms. The Labute approximate surface area is 101 Å². The molecule has 0 saturated carbocycles. The SMILES string of the molecule is CCOC(=O)CNc1cc(F)cc(F)c1[N+](=O)[O-]. The van der Waals surface area contributed by atoms with Crippen LogP contribution in [0, 0.1) is 21.7 Å². The second-order valence-electron chi connectivity index (χ2n) is 3.20. The van der Waals surface area contributed by atoms with Crippen LogP contribution in [0.2, 0.25) is 0 Å². The lowest BCUT2D eigenvalue weighted by atomic mass is 10.2. The molecule has 0 heterocycles. The van der Waals surface area contributed by atoms with E-state index in [1.54, 1.807) is 6.92 Å². The minimum Gasteiger partial charge on any atom is -0.465 e. The highest BCUT2D eigenvalue weighted by Crippen LogP contribution is 2.28. The zero-order valence-electron chi connectivity index (χ0n) is 9.41. The van der Waals surface area contributed by atoms with Gasteiger partial charge in [-0.3, -0.25) is 14.9 Å². The van der Waals surface area contributed by atoms with E-state index < -0.39 is 40.4 Å². The maximum Gasteiger partial charge on any atom is 0.327 e. The van der Waals surface area contributed by atoms with Gasteiger partial charge in [0.1, 0.15) is 18.0 Å². The van der Waals surface area contributed by atoms with Crippen LogP contribution < -0.4 is 5.32 Å². The third-order valence-corrected chi connectivity index (χ3v) is 1.94. The van der Waals surface area contributed by atoms with Gasteiger partial charge < -0.3 is 10.1 Å². The van der Waals surface area contributed by atoms with E-state index in [0.717, 1.165) is 6.07 Å². The molecule has 0 saturated heterocycles. The first-order chi connectivity index (χ1) is 8.45. The molecule has 0 unspecified atom stereocenters. The van der Waals surface area contributed by atoms with Gasteiger partial charge in [0.15, 0.2) is 0 Å². The summed E-state index contributed by atoms with van der Waals surface area (Å²) in [5, 5.41) is 12.9. The summed E-state index contributed by atoms with van der Waals surface area (Å²) in [5.41, 5.74) is -1.33. The normalized spacial score (nSPS) is 9.94. The van der Waals surface area contributed by atoms with E-state index in [2.05, 4.69) is 10.1 Å². The van der Waals surface area contributed by atoms with E-state index in [1.165, 1.54) is 0 Å². The zero-order valence-corrected chi connectivity index (χ0v) is 9.41. The molecule has 0 aliphatic rings. The molecule has 1 aromatic carbocycles. The van der Waals surface area contributed by atoms with Gasteiger partial charge in [-0.05, 0) is 6.92 Å². The molecule has 0 radical (unpaired) electrons. The standard InChI is InChI=1S/C10H10F2N2O4/c1-2-18-9(15)5-13-8-4-6(11)3-7(12)10(8)14(16)17/h3-4,13H,2,5H2,1H3. The van der Waals surface area contributed by atoms with Crippen LogP contribution in [0.1, 0.15) is 6.92 Å². The zero-order chi connectivity index (χ0) is 13.7. The molecule has 8 heteroatoms. The summed E-state index contributed by atoms with van der Waals surface area (Å²) in [6.07, 6.45) is 0.